The molecule has 0 unspecified atom stereocenters. The number of amides is 2. The molecule has 0 bridgehead atoms. The van der Waals surface area contributed by atoms with Crippen molar-refractivity contribution in [3.8, 4) is 0 Å². The standard InChI is InChI=1S/C20H23FN4O3/c1-2-28-20(27)25-11-9-14(10-12-25)24-19(26)18-8-7-15(13-22-18)23-17-6-4-3-5-16(17)21/h3-8,13-14,23H,2,9-12H2,1H3,(H,24,26). The first-order valence-corrected chi connectivity index (χ1v) is 9.27. The van der Waals surface area contributed by atoms with Gasteiger partial charge in [-0.15, -0.1) is 0 Å². The molecule has 2 aromatic rings. The molecule has 3 rings (SSSR count). The van der Waals surface area contributed by atoms with Gasteiger partial charge in [-0.25, -0.2) is 14.2 Å². The number of ether oxygens (including phenoxy) is 1. The van der Waals surface area contributed by atoms with Crippen LogP contribution >= 0.6 is 0 Å². The number of pyridine rings is 1. The van der Waals surface area contributed by atoms with Crippen molar-refractivity contribution < 1.29 is 18.7 Å². The van der Waals surface area contributed by atoms with Gasteiger partial charge in [0.2, 0.25) is 0 Å². The molecule has 7 nitrogen and oxygen atoms in total. The highest BCUT2D eigenvalue weighted by Gasteiger charge is 2.25. The second kappa shape index (κ2) is 9.16. The van der Waals surface area contributed by atoms with E-state index in [1.54, 1.807) is 42.2 Å². The average Bonchev–Trinajstić information content (AvgIpc) is 2.71. The number of nitrogens with zero attached hydrogens (tertiary/aromatic N) is 2. The van der Waals surface area contributed by atoms with Crippen LogP contribution in [0.2, 0.25) is 0 Å². The molecule has 2 N–H and O–H groups in total. The number of hydrogen-bond acceptors (Lipinski definition) is 5. The molecule has 2 heterocycles. The molecule has 1 saturated heterocycles. The number of carbonyl (C=O) groups excluding carboxylic acids is 2. The van der Waals surface area contributed by atoms with Gasteiger partial charge in [0.05, 0.1) is 24.2 Å². The van der Waals surface area contributed by atoms with E-state index < -0.39 is 0 Å². The molecule has 8 heteroatoms. The van der Waals surface area contributed by atoms with Crippen LogP contribution in [-0.2, 0) is 4.74 Å². The molecule has 1 fully saturated rings. The number of carbonyl (C=O) groups is 2. The number of hydrogen-bond donors (Lipinski definition) is 2. The minimum absolute atomic E-state index is 0.0174. The first kappa shape index (κ1) is 19.6. The Morgan fingerprint density at radius 2 is 1.96 bits per heavy atom. The number of benzene rings is 1. The molecule has 1 aliphatic heterocycles. The van der Waals surface area contributed by atoms with E-state index in [9.17, 15) is 14.0 Å². The van der Waals surface area contributed by atoms with Gasteiger partial charge in [0.15, 0.2) is 0 Å². The third-order valence-corrected chi connectivity index (χ3v) is 4.51. The van der Waals surface area contributed by atoms with E-state index in [0.29, 0.717) is 43.9 Å². The van der Waals surface area contributed by atoms with E-state index in [-0.39, 0.29) is 29.6 Å². The molecule has 0 radical (unpaired) electrons. The number of likely N-dealkylation sites (tertiary alicyclic amines) is 1. The van der Waals surface area contributed by atoms with E-state index in [1.165, 1.54) is 12.3 Å². The van der Waals surface area contributed by atoms with Gasteiger partial charge in [-0.2, -0.15) is 0 Å². The first-order valence-electron chi connectivity index (χ1n) is 9.27. The Balaban J connectivity index is 1.51. The summed E-state index contributed by atoms with van der Waals surface area (Å²) >= 11 is 0. The third kappa shape index (κ3) is 4.97. The Kier molecular flexibility index (Phi) is 6.41. The zero-order chi connectivity index (χ0) is 19.9. The van der Waals surface area contributed by atoms with Gasteiger partial charge in [-0.3, -0.25) is 4.79 Å². The fourth-order valence-electron chi connectivity index (χ4n) is 3.00. The average molecular weight is 386 g/mol. The zero-order valence-corrected chi connectivity index (χ0v) is 15.7. The second-order valence-corrected chi connectivity index (χ2v) is 6.47. The normalized spacial score (nSPS) is 14.4. The summed E-state index contributed by atoms with van der Waals surface area (Å²) in [4.78, 5) is 29.9. The minimum atomic E-state index is -0.363. The second-order valence-electron chi connectivity index (χ2n) is 6.47. The molecule has 28 heavy (non-hydrogen) atoms. The van der Waals surface area contributed by atoms with Crippen LogP contribution in [0.3, 0.4) is 0 Å². The highest BCUT2D eigenvalue weighted by molar-refractivity contribution is 5.92. The minimum Gasteiger partial charge on any atom is -0.450 e. The predicted molar refractivity (Wildman–Crippen MR) is 103 cm³/mol. The maximum atomic E-state index is 13.7. The fourth-order valence-corrected chi connectivity index (χ4v) is 3.00. The van der Waals surface area contributed by atoms with Gasteiger partial charge in [-0.1, -0.05) is 12.1 Å². The zero-order valence-electron chi connectivity index (χ0n) is 15.7. The molecule has 1 aromatic heterocycles. The molecular formula is C20H23FN4O3. The molecule has 0 atom stereocenters. The summed E-state index contributed by atoms with van der Waals surface area (Å²) in [5.74, 6) is -0.634. The SMILES string of the molecule is CCOC(=O)N1CCC(NC(=O)c2ccc(Nc3ccccc3F)cn2)CC1. The summed E-state index contributed by atoms with van der Waals surface area (Å²) in [5.41, 5.74) is 1.21. The van der Waals surface area contributed by atoms with Crippen LogP contribution in [0.25, 0.3) is 0 Å². The number of aromatic nitrogens is 1. The maximum absolute atomic E-state index is 13.7. The Hall–Kier alpha value is -3.16. The largest absolute Gasteiger partial charge is 0.450 e. The van der Waals surface area contributed by atoms with Crippen molar-refractivity contribution in [2.45, 2.75) is 25.8 Å². The van der Waals surface area contributed by atoms with Crippen LogP contribution < -0.4 is 10.6 Å². The molecule has 0 aliphatic carbocycles. The van der Waals surface area contributed by atoms with Gasteiger partial charge >= 0.3 is 6.09 Å². The van der Waals surface area contributed by atoms with Gasteiger partial charge in [0.25, 0.3) is 5.91 Å². The number of halogens is 1. The van der Waals surface area contributed by atoms with Gasteiger partial charge < -0.3 is 20.3 Å². The first-order chi connectivity index (χ1) is 13.6. The van der Waals surface area contributed by atoms with Crippen molar-refractivity contribution in [1.29, 1.82) is 0 Å². The Morgan fingerprint density at radius 3 is 2.61 bits per heavy atom. The highest BCUT2D eigenvalue weighted by Crippen LogP contribution is 2.19. The lowest BCUT2D eigenvalue weighted by molar-refractivity contribution is 0.0856. The monoisotopic (exact) mass is 386 g/mol. The van der Waals surface area contributed by atoms with Crippen LogP contribution in [0, 0.1) is 5.82 Å². The lowest BCUT2D eigenvalue weighted by Crippen LogP contribution is -2.46. The number of rotatable bonds is 5. The van der Waals surface area contributed by atoms with Crippen LogP contribution in [0.5, 0.6) is 0 Å². The van der Waals surface area contributed by atoms with Crippen molar-refractivity contribution in [2.75, 3.05) is 25.0 Å². The number of anilines is 2. The maximum Gasteiger partial charge on any atom is 0.409 e. The van der Waals surface area contributed by atoms with E-state index in [2.05, 4.69) is 15.6 Å². The summed E-state index contributed by atoms with van der Waals surface area (Å²) in [6.07, 6.45) is 2.51. The van der Waals surface area contributed by atoms with Crippen molar-refractivity contribution in [2.24, 2.45) is 0 Å². The van der Waals surface area contributed by atoms with Crippen LogP contribution in [0.15, 0.2) is 42.6 Å². The number of para-hydroxylation sites is 1. The number of nitrogens with one attached hydrogen (secondary N) is 2. The molecule has 1 aromatic carbocycles. The Morgan fingerprint density at radius 1 is 1.21 bits per heavy atom. The highest BCUT2D eigenvalue weighted by atomic mass is 19.1. The Labute approximate surface area is 162 Å². The molecule has 0 saturated carbocycles. The molecule has 2 amide bonds. The molecule has 148 valence electrons. The summed E-state index contributed by atoms with van der Waals surface area (Å²) in [7, 11) is 0. The lowest BCUT2D eigenvalue weighted by Gasteiger charge is -2.31. The summed E-state index contributed by atoms with van der Waals surface area (Å²) in [6, 6.07) is 9.58. The van der Waals surface area contributed by atoms with Gasteiger partial charge in [-0.05, 0) is 44.0 Å². The number of piperidine rings is 1. The van der Waals surface area contributed by atoms with Crippen LogP contribution in [0.1, 0.15) is 30.3 Å². The summed E-state index contributed by atoms with van der Waals surface area (Å²) in [6.45, 7) is 3.21. The smallest absolute Gasteiger partial charge is 0.409 e. The summed E-state index contributed by atoms with van der Waals surface area (Å²) in [5, 5.41) is 5.87. The van der Waals surface area contributed by atoms with Crippen LogP contribution in [0.4, 0.5) is 20.6 Å². The van der Waals surface area contributed by atoms with Crippen molar-refractivity contribution in [1.82, 2.24) is 15.2 Å². The third-order valence-electron chi connectivity index (χ3n) is 4.51. The van der Waals surface area contributed by atoms with E-state index in [1.807, 2.05) is 0 Å². The predicted octanol–water partition coefficient (Wildman–Crippen LogP) is 3.32. The van der Waals surface area contributed by atoms with E-state index in [4.69, 9.17) is 4.74 Å². The van der Waals surface area contributed by atoms with E-state index in [0.717, 1.165) is 0 Å². The van der Waals surface area contributed by atoms with Crippen molar-refractivity contribution in [3.63, 3.8) is 0 Å². The van der Waals surface area contributed by atoms with Gasteiger partial charge in [0.1, 0.15) is 11.5 Å². The van der Waals surface area contributed by atoms with E-state index >= 15 is 0 Å². The lowest BCUT2D eigenvalue weighted by atomic mass is 10.1. The fraction of sp³-hybridized carbons (Fsp3) is 0.350. The summed E-state index contributed by atoms with van der Waals surface area (Å²) < 4.78 is 18.7. The quantitative estimate of drug-likeness (QED) is 0.824. The van der Waals surface area contributed by atoms with Crippen molar-refractivity contribution >= 4 is 23.4 Å². The van der Waals surface area contributed by atoms with Crippen LogP contribution in [-0.4, -0.2) is 47.6 Å². The molecular weight excluding hydrogens is 363 g/mol. The molecule has 0 spiro atoms. The topological polar surface area (TPSA) is 83.6 Å². The van der Waals surface area contributed by atoms with Gasteiger partial charge in [0, 0.05) is 19.1 Å². The molecule has 1 aliphatic rings. The Bertz CT molecular complexity index is 820. The van der Waals surface area contributed by atoms with Crippen molar-refractivity contribution in [3.05, 3.63) is 54.1 Å².